The summed E-state index contributed by atoms with van der Waals surface area (Å²) >= 11 is 0.797. The molecule has 1 unspecified atom stereocenters. The molecule has 1 fully saturated rings. The number of nitrogens with zero attached hydrogens (tertiary/aromatic N) is 2. The number of esters is 1. The van der Waals surface area contributed by atoms with Gasteiger partial charge in [-0.3, -0.25) is 14.9 Å². The molecule has 3 rings (SSSR count). The summed E-state index contributed by atoms with van der Waals surface area (Å²) in [6, 6.07) is 3.72. The number of benzene rings is 2. The van der Waals surface area contributed by atoms with Crippen molar-refractivity contribution in [3.63, 3.8) is 0 Å². The van der Waals surface area contributed by atoms with Crippen molar-refractivity contribution in [2.45, 2.75) is 49.8 Å². The highest BCUT2D eigenvalue weighted by molar-refractivity contribution is 8.13. The van der Waals surface area contributed by atoms with Gasteiger partial charge in [-0.2, -0.15) is 0 Å². The van der Waals surface area contributed by atoms with Crippen molar-refractivity contribution < 1.29 is 45.9 Å². The summed E-state index contributed by atoms with van der Waals surface area (Å²) in [6.07, 6.45) is -1.11. The summed E-state index contributed by atoms with van der Waals surface area (Å²) in [5.74, 6) is -4.58. The fourth-order valence-electron chi connectivity index (χ4n) is 3.81. The van der Waals surface area contributed by atoms with Gasteiger partial charge in [0.15, 0.2) is 6.04 Å². The van der Waals surface area contributed by atoms with Crippen LogP contribution < -0.4 is 10.1 Å². The second-order valence-electron chi connectivity index (χ2n) is 10.4. The summed E-state index contributed by atoms with van der Waals surface area (Å²) in [6.45, 7) is 4.76. The third kappa shape index (κ3) is 8.04. The maximum absolute atomic E-state index is 14.9. The first kappa shape index (κ1) is 32.9. The van der Waals surface area contributed by atoms with Crippen molar-refractivity contribution in [3.8, 4) is 5.75 Å². The average molecular weight is 628 g/mol. The molecule has 2 aromatic carbocycles. The van der Waals surface area contributed by atoms with Crippen LogP contribution in [0, 0.1) is 11.6 Å². The Morgan fingerprint density at radius 2 is 1.74 bits per heavy atom. The summed E-state index contributed by atoms with van der Waals surface area (Å²) in [4.78, 5) is 52.0. The summed E-state index contributed by atoms with van der Waals surface area (Å²) in [5.41, 5.74) is -0.825. The molecule has 0 aromatic heterocycles. The molecule has 1 aliphatic heterocycles. The zero-order valence-electron chi connectivity index (χ0n) is 23.6. The second-order valence-corrected chi connectivity index (χ2v) is 13.3. The van der Waals surface area contributed by atoms with Gasteiger partial charge in [-0.1, -0.05) is 23.9 Å². The SMILES string of the molecule is CN(C)C(=O)Oc1ccc(C[C@@H](C(=O)OC(C)(C)C)N(C(=O)C2NCCSC2=O)S(=O)(=O)c2ccc(F)cc2F)cc1. The normalized spacial score (nSPS) is 16.4. The van der Waals surface area contributed by atoms with Crippen molar-refractivity contribution >= 4 is 44.9 Å². The molecule has 2 aromatic rings. The Hall–Kier alpha value is -3.56. The predicted octanol–water partition coefficient (Wildman–Crippen LogP) is 2.73. The lowest BCUT2D eigenvalue weighted by Crippen LogP contribution is -2.59. The lowest BCUT2D eigenvalue weighted by atomic mass is 10.0. The van der Waals surface area contributed by atoms with Crippen LogP contribution in [0.1, 0.15) is 26.3 Å². The first-order valence-electron chi connectivity index (χ1n) is 12.7. The van der Waals surface area contributed by atoms with Crippen LogP contribution in [0.25, 0.3) is 0 Å². The van der Waals surface area contributed by atoms with Crippen LogP contribution >= 0.6 is 11.8 Å². The Bertz CT molecular complexity index is 1460. The second kappa shape index (κ2) is 13.2. The third-order valence-electron chi connectivity index (χ3n) is 5.71. The molecule has 0 aliphatic carbocycles. The highest BCUT2D eigenvalue weighted by atomic mass is 32.2. The Labute approximate surface area is 246 Å². The van der Waals surface area contributed by atoms with Gasteiger partial charge in [0.05, 0.1) is 0 Å². The minimum atomic E-state index is -5.21. The number of hydrogen-bond acceptors (Lipinski definition) is 10. The maximum atomic E-state index is 14.9. The number of hydrogen-bond donors (Lipinski definition) is 1. The number of sulfonamides is 1. The van der Waals surface area contributed by atoms with E-state index < -0.39 is 73.7 Å². The minimum absolute atomic E-state index is 0.138. The van der Waals surface area contributed by atoms with E-state index in [1.807, 2.05) is 0 Å². The van der Waals surface area contributed by atoms with Crippen LogP contribution in [-0.4, -0.2) is 84.8 Å². The Kier molecular flexibility index (Phi) is 10.3. The molecule has 2 atom stereocenters. The number of amides is 2. The van der Waals surface area contributed by atoms with Gasteiger partial charge in [0.2, 0.25) is 5.12 Å². The van der Waals surface area contributed by atoms with E-state index >= 15 is 0 Å². The van der Waals surface area contributed by atoms with Gasteiger partial charge in [0.1, 0.15) is 33.9 Å². The number of nitrogens with one attached hydrogen (secondary N) is 1. The summed E-state index contributed by atoms with van der Waals surface area (Å²) in [5, 5.41) is 1.96. The fraction of sp³-hybridized carbons (Fsp3) is 0.407. The molecular formula is C27H31F2N3O8S2. The Balaban J connectivity index is 2.14. The molecule has 228 valence electrons. The summed E-state index contributed by atoms with van der Waals surface area (Å²) < 4.78 is 67.1. The van der Waals surface area contributed by atoms with E-state index in [0.29, 0.717) is 29.5 Å². The number of halogens is 2. The van der Waals surface area contributed by atoms with Crippen molar-refractivity contribution in [3.05, 3.63) is 59.7 Å². The van der Waals surface area contributed by atoms with E-state index in [0.717, 1.165) is 11.8 Å². The topological polar surface area (TPSA) is 139 Å². The predicted molar refractivity (Wildman–Crippen MR) is 149 cm³/mol. The average Bonchev–Trinajstić information content (AvgIpc) is 2.88. The van der Waals surface area contributed by atoms with Crippen LogP contribution in [0.4, 0.5) is 13.6 Å². The molecule has 15 heteroatoms. The number of ether oxygens (including phenoxy) is 2. The zero-order chi connectivity index (χ0) is 31.4. The zero-order valence-corrected chi connectivity index (χ0v) is 25.2. The minimum Gasteiger partial charge on any atom is -0.458 e. The van der Waals surface area contributed by atoms with Crippen LogP contribution in [0.5, 0.6) is 5.75 Å². The number of carbonyl (C=O) groups excluding carboxylic acids is 4. The van der Waals surface area contributed by atoms with Gasteiger partial charge in [-0.15, -0.1) is 0 Å². The van der Waals surface area contributed by atoms with Crippen molar-refractivity contribution in [2.75, 3.05) is 26.4 Å². The van der Waals surface area contributed by atoms with Crippen molar-refractivity contribution in [2.24, 2.45) is 0 Å². The van der Waals surface area contributed by atoms with Gasteiger partial charge in [-0.25, -0.2) is 31.1 Å². The smallest absolute Gasteiger partial charge is 0.414 e. The van der Waals surface area contributed by atoms with Gasteiger partial charge in [-0.05, 0) is 50.6 Å². The molecule has 1 saturated heterocycles. The molecule has 2 amide bonds. The van der Waals surface area contributed by atoms with Crippen LogP contribution in [0.15, 0.2) is 47.4 Å². The lowest BCUT2D eigenvalue weighted by Gasteiger charge is -2.34. The first-order chi connectivity index (χ1) is 19.5. The molecule has 0 saturated carbocycles. The number of thioether (sulfide) groups is 1. The fourth-order valence-corrected chi connectivity index (χ4v) is 6.17. The van der Waals surface area contributed by atoms with Gasteiger partial charge < -0.3 is 14.4 Å². The molecule has 0 radical (unpaired) electrons. The highest BCUT2D eigenvalue weighted by Gasteiger charge is 2.47. The van der Waals surface area contributed by atoms with Gasteiger partial charge >= 0.3 is 12.1 Å². The molecule has 11 nitrogen and oxygen atoms in total. The number of carbonyl (C=O) groups is 4. The van der Waals surface area contributed by atoms with E-state index in [9.17, 15) is 36.4 Å². The monoisotopic (exact) mass is 627 g/mol. The Morgan fingerprint density at radius 1 is 1.10 bits per heavy atom. The van der Waals surface area contributed by atoms with E-state index in [2.05, 4.69) is 5.32 Å². The summed E-state index contributed by atoms with van der Waals surface area (Å²) in [7, 11) is -2.23. The first-order valence-corrected chi connectivity index (χ1v) is 15.1. The third-order valence-corrected chi connectivity index (χ3v) is 8.48. The van der Waals surface area contributed by atoms with Crippen LogP contribution in [0.2, 0.25) is 0 Å². The van der Waals surface area contributed by atoms with E-state index in [1.165, 1.54) is 64.0 Å². The van der Waals surface area contributed by atoms with Crippen LogP contribution in [-0.2, 0) is 35.6 Å². The molecular weight excluding hydrogens is 596 g/mol. The standard InChI is InChI=1S/C27H31F2N3O8S2/c1-27(2,3)40-24(34)20(14-16-6-9-18(10-7-16)39-26(36)31(4)5)32(23(33)22-25(35)41-13-12-30-22)42(37,38)21-11-8-17(28)15-19(21)29/h6-11,15,20,22,30H,12-14H2,1-5H3/t20-,22?/m0/s1. The molecule has 1 N–H and O–H groups in total. The quantitative estimate of drug-likeness (QED) is 0.343. The largest absolute Gasteiger partial charge is 0.458 e. The van der Waals surface area contributed by atoms with E-state index in [1.54, 1.807) is 0 Å². The molecule has 1 aliphatic rings. The number of rotatable bonds is 8. The lowest BCUT2D eigenvalue weighted by molar-refractivity contribution is -0.162. The van der Waals surface area contributed by atoms with E-state index in [4.69, 9.17) is 9.47 Å². The maximum Gasteiger partial charge on any atom is 0.414 e. The van der Waals surface area contributed by atoms with Crippen molar-refractivity contribution in [1.82, 2.24) is 14.5 Å². The molecule has 0 spiro atoms. The molecule has 1 heterocycles. The Morgan fingerprint density at radius 3 is 2.29 bits per heavy atom. The van der Waals surface area contributed by atoms with Gasteiger partial charge in [0, 0.05) is 38.9 Å². The highest BCUT2D eigenvalue weighted by Crippen LogP contribution is 2.28. The van der Waals surface area contributed by atoms with Crippen molar-refractivity contribution in [1.29, 1.82) is 0 Å². The molecule has 0 bridgehead atoms. The van der Waals surface area contributed by atoms with Gasteiger partial charge in [0.25, 0.3) is 15.9 Å². The molecule has 42 heavy (non-hydrogen) atoms. The van der Waals surface area contributed by atoms with E-state index in [-0.39, 0.29) is 16.6 Å². The van der Waals surface area contributed by atoms with Crippen LogP contribution in [0.3, 0.4) is 0 Å².